The number of ether oxygens (including phenoxy) is 3. The molecule has 5 nitrogen and oxygen atoms in total. The lowest BCUT2D eigenvalue weighted by atomic mass is 10.1. The maximum Gasteiger partial charge on any atom is 0.251 e. The number of methoxy groups -OCH3 is 3. The van der Waals surface area contributed by atoms with Gasteiger partial charge in [0.25, 0.3) is 5.91 Å². The third-order valence-corrected chi connectivity index (χ3v) is 5.90. The van der Waals surface area contributed by atoms with Crippen molar-refractivity contribution in [2.75, 3.05) is 21.3 Å². The van der Waals surface area contributed by atoms with Gasteiger partial charge in [-0.15, -0.1) is 11.8 Å². The second-order valence-corrected chi connectivity index (χ2v) is 8.06. The molecule has 3 aromatic carbocycles. The lowest BCUT2D eigenvalue weighted by Gasteiger charge is -2.14. The van der Waals surface area contributed by atoms with Crippen molar-refractivity contribution in [3.63, 3.8) is 0 Å². The Kier molecular flexibility index (Phi) is 7.84. The van der Waals surface area contributed by atoms with E-state index in [2.05, 4.69) is 36.5 Å². The molecule has 0 saturated heterocycles. The molecule has 31 heavy (non-hydrogen) atoms. The summed E-state index contributed by atoms with van der Waals surface area (Å²) in [5.41, 5.74) is 3.91. The molecule has 0 fully saturated rings. The fraction of sp³-hybridized carbons (Fsp3) is 0.240. The van der Waals surface area contributed by atoms with E-state index in [4.69, 9.17) is 14.2 Å². The Morgan fingerprint density at radius 3 is 2.00 bits per heavy atom. The van der Waals surface area contributed by atoms with Crippen molar-refractivity contribution in [3.8, 4) is 17.2 Å². The standard InChI is InChI=1S/C25H27NO4S/c1-17-5-11-21(12-6-17)31-16-18-7-9-20(10-8-18)25(27)26-15-19-13-22(28-2)24(30-4)23(14-19)29-3/h5-14H,15-16H2,1-4H3,(H,26,27). The van der Waals surface area contributed by atoms with Crippen molar-refractivity contribution in [2.24, 2.45) is 0 Å². The third kappa shape index (κ3) is 5.95. The van der Waals surface area contributed by atoms with Gasteiger partial charge >= 0.3 is 0 Å². The van der Waals surface area contributed by atoms with Crippen LogP contribution in [0.15, 0.2) is 65.6 Å². The van der Waals surface area contributed by atoms with Crippen molar-refractivity contribution in [1.29, 1.82) is 0 Å². The van der Waals surface area contributed by atoms with Crippen LogP contribution in [-0.2, 0) is 12.3 Å². The number of hydrogen-bond donors (Lipinski definition) is 1. The van der Waals surface area contributed by atoms with E-state index < -0.39 is 0 Å². The van der Waals surface area contributed by atoms with Crippen molar-refractivity contribution in [2.45, 2.75) is 24.1 Å². The fourth-order valence-corrected chi connectivity index (χ4v) is 3.93. The molecule has 0 aliphatic rings. The van der Waals surface area contributed by atoms with Gasteiger partial charge in [0.1, 0.15) is 0 Å². The number of amides is 1. The first kappa shape index (κ1) is 22.6. The summed E-state index contributed by atoms with van der Waals surface area (Å²) in [4.78, 5) is 13.8. The number of benzene rings is 3. The summed E-state index contributed by atoms with van der Waals surface area (Å²) in [6.07, 6.45) is 0. The Balaban J connectivity index is 1.59. The van der Waals surface area contributed by atoms with Gasteiger partial charge in [-0.3, -0.25) is 4.79 Å². The summed E-state index contributed by atoms with van der Waals surface area (Å²) < 4.78 is 16.1. The zero-order chi connectivity index (χ0) is 22.2. The van der Waals surface area contributed by atoms with Crippen molar-refractivity contribution in [3.05, 3.63) is 82.9 Å². The number of hydrogen-bond acceptors (Lipinski definition) is 5. The van der Waals surface area contributed by atoms with Gasteiger partial charge in [0.05, 0.1) is 21.3 Å². The van der Waals surface area contributed by atoms with Gasteiger partial charge in [0, 0.05) is 22.8 Å². The van der Waals surface area contributed by atoms with E-state index in [1.54, 1.807) is 33.1 Å². The molecule has 0 saturated carbocycles. The van der Waals surface area contributed by atoms with Crippen LogP contribution in [-0.4, -0.2) is 27.2 Å². The van der Waals surface area contributed by atoms with Crippen LogP contribution in [0.1, 0.15) is 27.0 Å². The van der Waals surface area contributed by atoms with Crippen LogP contribution in [0.25, 0.3) is 0 Å². The lowest BCUT2D eigenvalue weighted by molar-refractivity contribution is 0.0951. The summed E-state index contributed by atoms with van der Waals surface area (Å²) in [6, 6.07) is 19.8. The van der Waals surface area contributed by atoms with Crippen LogP contribution < -0.4 is 19.5 Å². The van der Waals surface area contributed by atoms with Crippen molar-refractivity contribution in [1.82, 2.24) is 5.32 Å². The molecular formula is C25H27NO4S. The van der Waals surface area contributed by atoms with Crippen LogP contribution in [0.2, 0.25) is 0 Å². The summed E-state index contributed by atoms with van der Waals surface area (Å²) in [6.45, 7) is 2.43. The number of aryl methyl sites for hydroxylation is 1. The Morgan fingerprint density at radius 2 is 1.45 bits per heavy atom. The van der Waals surface area contributed by atoms with E-state index in [-0.39, 0.29) is 5.91 Å². The number of rotatable bonds is 9. The van der Waals surface area contributed by atoms with E-state index in [9.17, 15) is 4.79 Å². The number of carbonyl (C=O) groups is 1. The Labute approximate surface area is 187 Å². The van der Waals surface area contributed by atoms with Crippen molar-refractivity contribution >= 4 is 17.7 Å². The molecule has 6 heteroatoms. The van der Waals surface area contributed by atoms with Gasteiger partial charge in [-0.25, -0.2) is 0 Å². The summed E-state index contributed by atoms with van der Waals surface area (Å²) in [5, 5.41) is 2.94. The number of carbonyl (C=O) groups excluding carboxylic acids is 1. The minimum absolute atomic E-state index is 0.133. The Bertz CT molecular complexity index is 992. The number of nitrogens with one attached hydrogen (secondary N) is 1. The van der Waals surface area contributed by atoms with Crippen LogP contribution >= 0.6 is 11.8 Å². The minimum Gasteiger partial charge on any atom is -0.493 e. The third-order valence-electron chi connectivity index (χ3n) is 4.82. The van der Waals surface area contributed by atoms with Crippen LogP contribution in [0, 0.1) is 6.92 Å². The quantitative estimate of drug-likeness (QED) is 0.464. The normalized spacial score (nSPS) is 10.5. The van der Waals surface area contributed by atoms with Crippen LogP contribution in [0.4, 0.5) is 0 Å². The van der Waals surface area contributed by atoms with Crippen molar-refractivity contribution < 1.29 is 19.0 Å². The Morgan fingerprint density at radius 1 is 0.839 bits per heavy atom. The van der Waals surface area contributed by atoms with E-state index in [1.807, 2.05) is 36.4 Å². The molecule has 0 atom stereocenters. The topological polar surface area (TPSA) is 56.8 Å². The van der Waals surface area contributed by atoms with Gasteiger partial charge in [-0.05, 0) is 54.4 Å². The molecule has 3 aromatic rings. The summed E-state index contributed by atoms with van der Waals surface area (Å²) in [5.74, 6) is 2.37. The lowest BCUT2D eigenvalue weighted by Crippen LogP contribution is -2.22. The SMILES string of the molecule is COc1cc(CNC(=O)c2ccc(CSc3ccc(C)cc3)cc2)cc(OC)c1OC. The van der Waals surface area contributed by atoms with E-state index in [1.165, 1.54) is 16.0 Å². The molecule has 0 aliphatic heterocycles. The highest BCUT2D eigenvalue weighted by Crippen LogP contribution is 2.38. The fourth-order valence-electron chi connectivity index (χ4n) is 3.08. The summed E-state index contributed by atoms with van der Waals surface area (Å²) >= 11 is 1.78. The molecular weight excluding hydrogens is 410 g/mol. The first-order valence-electron chi connectivity index (χ1n) is 9.89. The molecule has 0 heterocycles. The summed E-state index contributed by atoms with van der Waals surface area (Å²) in [7, 11) is 4.70. The maximum atomic E-state index is 12.6. The predicted octanol–water partition coefficient (Wildman–Crippen LogP) is 5.24. The van der Waals surface area contributed by atoms with E-state index in [0.29, 0.717) is 29.4 Å². The van der Waals surface area contributed by atoms with Crippen LogP contribution in [0.3, 0.4) is 0 Å². The smallest absolute Gasteiger partial charge is 0.251 e. The zero-order valence-corrected chi connectivity index (χ0v) is 19.0. The van der Waals surface area contributed by atoms with E-state index in [0.717, 1.165) is 11.3 Å². The molecule has 0 radical (unpaired) electrons. The highest BCUT2D eigenvalue weighted by atomic mass is 32.2. The van der Waals surface area contributed by atoms with Gasteiger partial charge in [-0.1, -0.05) is 29.8 Å². The molecule has 1 N–H and O–H groups in total. The van der Waals surface area contributed by atoms with Gasteiger partial charge in [0.15, 0.2) is 11.5 Å². The minimum atomic E-state index is -0.133. The molecule has 0 spiro atoms. The largest absolute Gasteiger partial charge is 0.493 e. The highest BCUT2D eigenvalue weighted by molar-refractivity contribution is 7.98. The molecule has 3 rings (SSSR count). The second kappa shape index (κ2) is 10.8. The van der Waals surface area contributed by atoms with Gasteiger partial charge < -0.3 is 19.5 Å². The average molecular weight is 438 g/mol. The zero-order valence-electron chi connectivity index (χ0n) is 18.2. The van der Waals surface area contributed by atoms with Gasteiger partial charge in [-0.2, -0.15) is 0 Å². The monoisotopic (exact) mass is 437 g/mol. The Hall–Kier alpha value is -3.12. The first-order valence-corrected chi connectivity index (χ1v) is 10.9. The molecule has 1 amide bonds. The predicted molar refractivity (Wildman–Crippen MR) is 124 cm³/mol. The van der Waals surface area contributed by atoms with Gasteiger partial charge in [0.2, 0.25) is 5.75 Å². The highest BCUT2D eigenvalue weighted by Gasteiger charge is 2.14. The maximum absolute atomic E-state index is 12.6. The molecule has 0 aliphatic carbocycles. The number of thioether (sulfide) groups is 1. The first-order chi connectivity index (χ1) is 15.0. The molecule has 0 aromatic heterocycles. The molecule has 0 unspecified atom stereocenters. The average Bonchev–Trinajstić information content (AvgIpc) is 2.81. The molecule has 162 valence electrons. The van der Waals surface area contributed by atoms with Crippen LogP contribution in [0.5, 0.6) is 17.2 Å². The van der Waals surface area contributed by atoms with E-state index >= 15 is 0 Å². The second-order valence-electron chi connectivity index (χ2n) is 7.01. The molecule has 0 bridgehead atoms.